The highest BCUT2D eigenvalue weighted by atomic mass is 35.5. The van der Waals surface area contributed by atoms with Crippen LogP contribution in [0.1, 0.15) is 40.5 Å². The highest BCUT2D eigenvalue weighted by molar-refractivity contribution is 6.33. The number of nitrogens with one attached hydrogen (secondary N) is 1. The molecule has 23 heavy (non-hydrogen) atoms. The van der Waals surface area contributed by atoms with E-state index in [0.717, 1.165) is 25.1 Å². The molecule has 1 amide bonds. The molecule has 1 aliphatic rings. The zero-order chi connectivity index (χ0) is 17.0. The van der Waals surface area contributed by atoms with E-state index in [4.69, 9.17) is 16.3 Å². The first kappa shape index (κ1) is 17.9. The van der Waals surface area contributed by atoms with Gasteiger partial charge in [0.05, 0.1) is 16.9 Å². The number of aromatic nitrogens is 1. The van der Waals surface area contributed by atoms with E-state index in [-0.39, 0.29) is 12.1 Å². The molecule has 2 heterocycles. The van der Waals surface area contributed by atoms with Crippen LogP contribution < -0.4 is 5.32 Å². The van der Waals surface area contributed by atoms with Gasteiger partial charge in [-0.3, -0.25) is 4.98 Å². The molecule has 0 spiro atoms. The Morgan fingerprint density at radius 1 is 1.52 bits per heavy atom. The monoisotopic (exact) mass is 339 g/mol. The zero-order valence-corrected chi connectivity index (χ0v) is 15.1. The molecule has 128 valence electrons. The number of pyridine rings is 1. The maximum Gasteiger partial charge on any atom is 0.410 e. The number of likely N-dealkylation sites (tertiary alicyclic amines) is 1. The molecule has 0 aromatic carbocycles. The van der Waals surface area contributed by atoms with Crippen molar-refractivity contribution < 1.29 is 9.53 Å². The van der Waals surface area contributed by atoms with Crippen molar-refractivity contribution in [3.8, 4) is 0 Å². The lowest BCUT2D eigenvalue weighted by Crippen LogP contribution is -2.46. The normalized spacial score (nSPS) is 20.0. The van der Waals surface area contributed by atoms with Crippen LogP contribution in [0.5, 0.6) is 0 Å². The van der Waals surface area contributed by atoms with Crippen molar-refractivity contribution in [1.29, 1.82) is 0 Å². The number of hydrogen-bond acceptors (Lipinski definition) is 4. The maximum atomic E-state index is 12.2. The summed E-state index contributed by atoms with van der Waals surface area (Å²) in [6.45, 7) is 9.24. The molecule has 1 fully saturated rings. The van der Waals surface area contributed by atoms with E-state index in [0.29, 0.717) is 17.5 Å². The molecule has 2 atom stereocenters. The van der Waals surface area contributed by atoms with Crippen molar-refractivity contribution in [2.45, 2.75) is 52.2 Å². The maximum absolute atomic E-state index is 12.2. The Morgan fingerprint density at radius 3 is 2.91 bits per heavy atom. The van der Waals surface area contributed by atoms with E-state index in [9.17, 15) is 4.79 Å². The predicted molar refractivity (Wildman–Crippen MR) is 92.9 cm³/mol. The first-order chi connectivity index (χ1) is 10.8. The molecule has 1 N–H and O–H groups in total. The van der Waals surface area contributed by atoms with E-state index in [1.54, 1.807) is 18.5 Å². The van der Waals surface area contributed by atoms with E-state index in [1.807, 2.05) is 25.7 Å². The summed E-state index contributed by atoms with van der Waals surface area (Å²) in [6, 6.07) is 1.96. The SMILES string of the molecule is CC(Nc1cnccc1Cl)C1CCCN(C(=O)OC(C)(C)C)C1. The summed E-state index contributed by atoms with van der Waals surface area (Å²) in [6.07, 6.45) is 5.23. The highest BCUT2D eigenvalue weighted by Gasteiger charge is 2.30. The lowest BCUT2D eigenvalue weighted by atomic mass is 9.91. The van der Waals surface area contributed by atoms with Crippen LogP contribution in [0, 0.1) is 5.92 Å². The second kappa shape index (κ2) is 7.39. The van der Waals surface area contributed by atoms with Crippen LogP contribution in [0.15, 0.2) is 18.5 Å². The molecule has 6 heteroatoms. The first-order valence-electron chi connectivity index (χ1n) is 8.10. The van der Waals surface area contributed by atoms with Gasteiger partial charge in [-0.2, -0.15) is 0 Å². The van der Waals surface area contributed by atoms with Gasteiger partial charge in [0.15, 0.2) is 0 Å². The van der Waals surface area contributed by atoms with Crippen LogP contribution in [0.4, 0.5) is 10.5 Å². The van der Waals surface area contributed by atoms with Gasteiger partial charge in [0.1, 0.15) is 5.60 Å². The predicted octanol–water partition coefficient (Wildman–Crippen LogP) is 4.18. The van der Waals surface area contributed by atoms with E-state index in [2.05, 4.69) is 17.2 Å². The molecular formula is C17H26ClN3O2. The average Bonchev–Trinajstić information content (AvgIpc) is 2.48. The number of nitrogens with zero attached hydrogens (tertiary/aromatic N) is 2. The number of ether oxygens (including phenoxy) is 1. The Morgan fingerprint density at radius 2 is 2.26 bits per heavy atom. The number of carbonyl (C=O) groups excluding carboxylic acids is 1. The Hall–Kier alpha value is -1.49. The topological polar surface area (TPSA) is 54.5 Å². The minimum atomic E-state index is -0.461. The van der Waals surface area contributed by atoms with Crippen molar-refractivity contribution >= 4 is 23.4 Å². The fraction of sp³-hybridized carbons (Fsp3) is 0.647. The minimum absolute atomic E-state index is 0.196. The fourth-order valence-electron chi connectivity index (χ4n) is 2.76. The third-order valence-corrected chi connectivity index (χ3v) is 4.30. The number of halogens is 1. The van der Waals surface area contributed by atoms with Gasteiger partial charge in [-0.05, 0) is 52.5 Å². The largest absolute Gasteiger partial charge is 0.444 e. The number of hydrogen-bond donors (Lipinski definition) is 1. The summed E-state index contributed by atoms with van der Waals surface area (Å²) in [4.78, 5) is 18.2. The van der Waals surface area contributed by atoms with Crippen LogP contribution in [-0.4, -0.2) is 40.7 Å². The average molecular weight is 340 g/mol. The van der Waals surface area contributed by atoms with Crippen molar-refractivity contribution in [2.24, 2.45) is 5.92 Å². The van der Waals surface area contributed by atoms with Gasteiger partial charge in [-0.1, -0.05) is 11.6 Å². The molecule has 2 rings (SSSR count). The number of anilines is 1. The summed E-state index contributed by atoms with van der Waals surface area (Å²) in [5, 5.41) is 4.07. The Bertz CT molecular complexity index is 545. The third-order valence-electron chi connectivity index (χ3n) is 3.97. The number of amides is 1. The van der Waals surface area contributed by atoms with Crippen LogP contribution in [-0.2, 0) is 4.74 Å². The third kappa shape index (κ3) is 5.27. The molecule has 5 nitrogen and oxygen atoms in total. The fourth-order valence-corrected chi connectivity index (χ4v) is 2.92. The lowest BCUT2D eigenvalue weighted by Gasteiger charge is -2.37. The molecule has 1 aromatic heterocycles. The quantitative estimate of drug-likeness (QED) is 0.897. The van der Waals surface area contributed by atoms with Gasteiger partial charge < -0.3 is 15.0 Å². The van der Waals surface area contributed by atoms with Crippen LogP contribution in [0.3, 0.4) is 0 Å². The van der Waals surface area contributed by atoms with Crippen molar-refractivity contribution in [3.05, 3.63) is 23.5 Å². The van der Waals surface area contributed by atoms with Crippen LogP contribution in [0.2, 0.25) is 5.02 Å². The summed E-state index contributed by atoms with van der Waals surface area (Å²) < 4.78 is 5.48. The molecule has 1 saturated heterocycles. The molecule has 1 aromatic rings. The molecule has 0 saturated carbocycles. The Balaban J connectivity index is 1.95. The van der Waals surface area contributed by atoms with Gasteiger partial charge >= 0.3 is 6.09 Å². The Kier molecular flexibility index (Phi) is 5.74. The molecule has 2 unspecified atom stereocenters. The number of piperidine rings is 1. The lowest BCUT2D eigenvalue weighted by molar-refractivity contribution is 0.0159. The number of carbonyl (C=O) groups is 1. The highest BCUT2D eigenvalue weighted by Crippen LogP contribution is 2.26. The van der Waals surface area contributed by atoms with Gasteiger partial charge in [0.2, 0.25) is 0 Å². The smallest absolute Gasteiger partial charge is 0.410 e. The standard InChI is InChI=1S/C17H26ClN3O2/c1-12(20-15-10-19-8-7-14(15)18)13-6-5-9-21(11-13)16(22)23-17(2,3)4/h7-8,10,12-13,20H,5-6,9,11H2,1-4H3. The van der Waals surface area contributed by atoms with Crippen molar-refractivity contribution in [1.82, 2.24) is 9.88 Å². The van der Waals surface area contributed by atoms with Crippen LogP contribution >= 0.6 is 11.6 Å². The minimum Gasteiger partial charge on any atom is -0.444 e. The Labute approximate surface area is 143 Å². The molecule has 0 bridgehead atoms. The van der Waals surface area contributed by atoms with Crippen molar-refractivity contribution in [2.75, 3.05) is 18.4 Å². The molecular weight excluding hydrogens is 314 g/mol. The van der Waals surface area contributed by atoms with Gasteiger partial charge in [-0.15, -0.1) is 0 Å². The molecule has 1 aliphatic heterocycles. The molecule has 0 radical (unpaired) electrons. The van der Waals surface area contributed by atoms with Gasteiger partial charge in [-0.25, -0.2) is 4.79 Å². The van der Waals surface area contributed by atoms with Gasteiger partial charge in [0.25, 0.3) is 0 Å². The summed E-state index contributed by atoms with van der Waals surface area (Å²) in [7, 11) is 0. The summed E-state index contributed by atoms with van der Waals surface area (Å²) in [5.41, 5.74) is 0.368. The zero-order valence-electron chi connectivity index (χ0n) is 14.3. The molecule has 0 aliphatic carbocycles. The van der Waals surface area contributed by atoms with Crippen molar-refractivity contribution in [3.63, 3.8) is 0 Å². The number of rotatable bonds is 3. The summed E-state index contributed by atoms with van der Waals surface area (Å²) >= 11 is 6.17. The van der Waals surface area contributed by atoms with Crippen LogP contribution in [0.25, 0.3) is 0 Å². The second-order valence-corrected chi connectivity index (χ2v) is 7.52. The van der Waals surface area contributed by atoms with E-state index < -0.39 is 5.60 Å². The first-order valence-corrected chi connectivity index (χ1v) is 8.48. The van der Waals surface area contributed by atoms with E-state index in [1.165, 1.54) is 0 Å². The van der Waals surface area contributed by atoms with E-state index >= 15 is 0 Å². The second-order valence-electron chi connectivity index (χ2n) is 7.12. The summed E-state index contributed by atoms with van der Waals surface area (Å²) in [5.74, 6) is 0.354. The van der Waals surface area contributed by atoms with Gasteiger partial charge in [0, 0.05) is 25.3 Å².